The largest absolute Gasteiger partial charge is 0.392 e. The van der Waals surface area contributed by atoms with Gasteiger partial charge in [-0.15, -0.1) is 0 Å². The molecule has 0 spiro atoms. The van der Waals surface area contributed by atoms with Gasteiger partial charge in [0, 0.05) is 41.8 Å². The molecule has 2 heterocycles. The van der Waals surface area contributed by atoms with Crippen LogP contribution in [0.5, 0.6) is 0 Å². The van der Waals surface area contributed by atoms with Gasteiger partial charge in [0.15, 0.2) is 0 Å². The summed E-state index contributed by atoms with van der Waals surface area (Å²) in [7, 11) is 1.87. The van der Waals surface area contributed by atoms with Gasteiger partial charge >= 0.3 is 6.18 Å². The second-order valence-corrected chi connectivity index (χ2v) is 7.47. The molecule has 30 heavy (non-hydrogen) atoms. The zero-order valence-electron chi connectivity index (χ0n) is 16.4. The van der Waals surface area contributed by atoms with Crippen LogP contribution in [0.1, 0.15) is 19.3 Å². The predicted molar refractivity (Wildman–Crippen MR) is 111 cm³/mol. The molecule has 1 amide bonds. The fraction of sp³-hybridized carbons (Fsp3) is 0.273. The van der Waals surface area contributed by atoms with Crippen molar-refractivity contribution < 1.29 is 18.0 Å². The number of imidazole rings is 1. The standard InChI is InChI=1S/C22H21F3N4O/c1-3-21(30)27-15-6-9-20-17(10-15)18(19-12-28(2)13-26-19)11-29(20)16-7-4-14(5-8-16)22(23,24)25/h3,6-7,9-14H,1,4-5,8H2,2H3,(H,27,30). The van der Waals surface area contributed by atoms with Crippen LogP contribution >= 0.6 is 0 Å². The summed E-state index contributed by atoms with van der Waals surface area (Å²) in [5.74, 6) is -1.61. The Kier molecular flexibility index (Phi) is 5.01. The lowest BCUT2D eigenvalue weighted by molar-refractivity contribution is -0.175. The number of carbonyl (C=O) groups is 1. The van der Waals surface area contributed by atoms with E-state index in [0.717, 1.165) is 27.9 Å². The van der Waals surface area contributed by atoms with Crippen LogP contribution in [0.2, 0.25) is 0 Å². The fourth-order valence-electron chi connectivity index (χ4n) is 3.83. The number of amides is 1. The van der Waals surface area contributed by atoms with Gasteiger partial charge in [-0.25, -0.2) is 4.98 Å². The number of aromatic nitrogens is 3. The molecular weight excluding hydrogens is 393 g/mol. The van der Waals surface area contributed by atoms with Crippen LogP contribution in [-0.4, -0.2) is 26.2 Å². The number of nitrogens with one attached hydrogen (secondary N) is 1. The molecular formula is C22H21F3N4O. The van der Waals surface area contributed by atoms with Gasteiger partial charge in [-0.1, -0.05) is 12.7 Å². The molecule has 0 fully saturated rings. The second-order valence-electron chi connectivity index (χ2n) is 7.47. The van der Waals surface area contributed by atoms with E-state index in [1.807, 2.05) is 40.7 Å². The van der Waals surface area contributed by atoms with Crippen molar-refractivity contribution in [2.75, 3.05) is 5.32 Å². The third-order valence-corrected chi connectivity index (χ3v) is 5.40. The van der Waals surface area contributed by atoms with Gasteiger partial charge in [0.2, 0.25) is 5.91 Å². The average Bonchev–Trinajstić information content (AvgIpc) is 3.30. The minimum absolute atomic E-state index is 0.0229. The Bertz CT molecular complexity index is 1150. The topological polar surface area (TPSA) is 51.9 Å². The molecule has 0 saturated carbocycles. The van der Waals surface area contributed by atoms with Gasteiger partial charge in [-0.2, -0.15) is 13.2 Å². The van der Waals surface area contributed by atoms with Gasteiger partial charge in [0.25, 0.3) is 0 Å². The number of fused-ring (bicyclic) bond motifs is 1. The summed E-state index contributed by atoms with van der Waals surface area (Å²) in [6.45, 7) is 3.46. The smallest absolute Gasteiger partial charge is 0.340 e. The van der Waals surface area contributed by atoms with Gasteiger partial charge in [0.1, 0.15) is 0 Å². The van der Waals surface area contributed by atoms with E-state index in [-0.39, 0.29) is 18.7 Å². The van der Waals surface area contributed by atoms with E-state index in [4.69, 9.17) is 0 Å². The number of carbonyl (C=O) groups excluding carboxylic acids is 1. The first-order chi connectivity index (χ1) is 14.3. The molecule has 5 nitrogen and oxygen atoms in total. The molecule has 1 aromatic carbocycles. The highest BCUT2D eigenvalue weighted by atomic mass is 19.4. The predicted octanol–water partition coefficient (Wildman–Crippen LogP) is 5.37. The van der Waals surface area contributed by atoms with Crippen LogP contribution in [0.4, 0.5) is 18.9 Å². The summed E-state index contributed by atoms with van der Waals surface area (Å²) < 4.78 is 42.9. The molecule has 1 aliphatic rings. The minimum Gasteiger partial charge on any atom is -0.340 e. The van der Waals surface area contributed by atoms with E-state index >= 15 is 0 Å². The number of halogens is 3. The van der Waals surface area contributed by atoms with E-state index in [0.29, 0.717) is 12.1 Å². The van der Waals surface area contributed by atoms with Gasteiger partial charge in [0.05, 0.1) is 23.5 Å². The van der Waals surface area contributed by atoms with Crippen molar-refractivity contribution in [2.45, 2.75) is 25.4 Å². The summed E-state index contributed by atoms with van der Waals surface area (Å²) in [6, 6.07) is 5.47. The Labute approximate surface area is 171 Å². The van der Waals surface area contributed by atoms with Crippen molar-refractivity contribution >= 4 is 28.2 Å². The molecule has 8 heteroatoms. The van der Waals surface area contributed by atoms with Crippen LogP contribution in [0, 0.1) is 5.92 Å². The van der Waals surface area contributed by atoms with Gasteiger partial charge in [-0.3, -0.25) is 4.79 Å². The number of anilines is 1. The van der Waals surface area contributed by atoms with Crippen molar-refractivity contribution in [1.82, 2.24) is 14.1 Å². The third kappa shape index (κ3) is 3.77. The summed E-state index contributed by atoms with van der Waals surface area (Å²) in [5.41, 5.74) is 3.89. The molecule has 0 radical (unpaired) electrons. The minimum atomic E-state index is -4.17. The maximum absolute atomic E-state index is 13.0. The van der Waals surface area contributed by atoms with Crippen molar-refractivity contribution in [3.63, 3.8) is 0 Å². The number of alkyl halides is 3. The number of nitrogens with zero attached hydrogens (tertiary/aromatic N) is 3. The lowest BCUT2D eigenvalue weighted by Crippen LogP contribution is -2.24. The molecule has 3 aromatic rings. The molecule has 4 rings (SSSR count). The lowest BCUT2D eigenvalue weighted by atomic mass is 9.92. The van der Waals surface area contributed by atoms with Crippen LogP contribution in [0.15, 0.2) is 55.7 Å². The van der Waals surface area contributed by atoms with Crippen LogP contribution in [-0.2, 0) is 11.8 Å². The number of hydrogen-bond acceptors (Lipinski definition) is 2. The number of hydrogen-bond donors (Lipinski definition) is 1. The molecule has 1 aliphatic carbocycles. The highest BCUT2D eigenvalue weighted by Gasteiger charge is 2.39. The van der Waals surface area contributed by atoms with Crippen molar-refractivity contribution in [3.05, 3.63) is 55.7 Å². The number of aryl methyl sites for hydroxylation is 1. The monoisotopic (exact) mass is 414 g/mol. The molecule has 0 aliphatic heterocycles. The van der Waals surface area contributed by atoms with E-state index in [1.165, 1.54) is 6.08 Å². The molecule has 1 unspecified atom stereocenters. The molecule has 0 saturated heterocycles. The van der Waals surface area contributed by atoms with E-state index in [2.05, 4.69) is 16.9 Å². The van der Waals surface area contributed by atoms with Crippen molar-refractivity contribution in [2.24, 2.45) is 13.0 Å². The number of allylic oxidation sites excluding steroid dienone is 2. The molecule has 156 valence electrons. The first kappa shape index (κ1) is 20.0. The fourth-order valence-corrected chi connectivity index (χ4v) is 3.83. The van der Waals surface area contributed by atoms with Crippen molar-refractivity contribution in [3.8, 4) is 11.3 Å². The van der Waals surface area contributed by atoms with E-state index in [1.54, 1.807) is 18.5 Å². The van der Waals surface area contributed by atoms with Gasteiger partial charge < -0.3 is 14.5 Å². The second kappa shape index (κ2) is 7.51. The van der Waals surface area contributed by atoms with Crippen LogP contribution < -0.4 is 5.32 Å². The Morgan fingerprint density at radius 2 is 2.13 bits per heavy atom. The summed E-state index contributed by atoms with van der Waals surface area (Å²) in [6.07, 6.45) is 4.56. The first-order valence-corrected chi connectivity index (χ1v) is 9.59. The molecule has 1 atom stereocenters. The highest BCUT2D eigenvalue weighted by molar-refractivity contribution is 6.03. The SMILES string of the molecule is C=CC(=O)Nc1ccc2c(c1)c(-c1cn(C)cn1)cn2C1=CCC(C(F)(F)F)CC1. The first-order valence-electron chi connectivity index (χ1n) is 9.59. The van der Waals surface area contributed by atoms with Crippen molar-refractivity contribution in [1.29, 1.82) is 0 Å². The quantitative estimate of drug-likeness (QED) is 0.584. The van der Waals surface area contributed by atoms with E-state index in [9.17, 15) is 18.0 Å². The van der Waals surface area contributed by atoms with E-state index < -0.39 is 12.1 Å². The summed E-state index contributed by atoms with van der Waals surface area (Å²) >= 11 is 0. The Balaban J connectivity index is 1.80. The maximum Gasteiger partial charge on any atom is 0.392 e. The maximum atomic E-state index is 13.0. The number of rotatable bonds is 4. The Morgan fingerprint density at radius 1 is 1.33 bits per heavy atom. The zero-order valence-corrected chi connectivity index (χ0v) is 16.4. The summed E-state index contributed by atoms with van der Waals surface area (Å²) in [5, 5.41) is 3.60. The Hall–Kier alpha value is -3.29. The normalized spacial score (nSPS) is 17.1. The molecule has 2 aromatic heterocycles. The molecule has 0 bridgehead atoms. The summed E-state index contributed by atoms with van der Waals surface area (Å²) in [4.78, 5) is 16.1. The lowest BCUT2D eigenvalue weighted by Gasteiger charge is -2.24. The van der Waals surface area contributed by atoms with Gasteiger partial charge in [-0.05, 0) is 43.5 Å². The number of benzene rings is 1. The zero-order chi connectivity index (χ0) is 21.5. The average molecular weight is 414 g/mol. The highest BCUT2D eigenvalue weighted by Crippen LogP contribution is 2.40. The Morgan fingerprint density at radius 3 is 2.73 bits per heavy atom. The third-order valence-electron chi connectivity index (χ3n) is 5.40. The van der Waals surface area contributed by atoms with Crippen LogP contribution in [0.25, 0.3) is 27.9 Å². The molecule has 1 N–H and O–H groups in total. The van der Waals surface area contributed by atoms with Crippen LogP contribution in [0.3, 0.4) is 0 Å².